The van der Waals surface area contributed by atoms with Gasteiger partial charge in [-0.15, -0.1) is 0 Å². The Balaban J connectivity index is 2.48. The van der Waals surface area contributed by atoms with E-state index in [0.29, 0.717) is 12.2 Å². The first-order valence-corrected chi connectivity index (χ1v) is 10.6. The maximum Gasteiger partial charge on any atom is 0.311 e. The van der Waals surface area contributed by atoms with Gasteiger partial charge in [-0.1, -0.05) is 71.6 Å². The number of carbonyl (C=O) groups is 1. The van der Waals surface area contributed by atoms with Gasteiger partial charge < -0.3 is 9.47 Å². The molecule has 1 rings (SSSR count). The monoisotopic (exact) mass is 362 g/mol. The number of hydrogen-bond acceptors (Lipinski definition) is 3. The van der Waals surface area contributed by atoms with Gasteiger partial charge in [0.15, 0.2) is 0 Å². The van der Waals surface area contributed by atoms with Crippen LogP contribution in [0, 0.1) is 0 Å². The van der Waals surface area contributed by atoms with Crippen molar-refractivity contribution >= 4 is 5.97 Å². The Morgan fingerprint density at radius 2 is 1.46 bits per heavy atom. The molecule has 0 fully saturated rings. The molecular weight excluding hydrogens is 324 g/mol. The van der Waals surface area contributed by atoms with Crippen LogP contribution in [0.25, 0.3) is 0 Å². The molecule has 1 aromatic carbocycles. The molecule has 0 aliphatic heterocycles. The Bertz CT molecular complexity index is 496. The Morgan fingerprint density at radius 3 is 2.12 bits per heavy atom. The van der Waals surface area contributed by atoms with E-state index in [1.54, 1.807) is 7.11 Å². The summed E-state index contributed by atoms with van der Waals surface area (Å²) in [5, 5.41) is 0. The smallest absolute Gasteiger partial charge is 0.311 e. The van der Waals surface area contributed by atoms with Gasteiger partial charge in [0.2, 0.25) is 0 Å². The van der Waals surface area contributed by atoms with E-state index in [2.05, 4.69) is 13.8 Å². The van der Waals surface area contributed by atoms with Gasteiger partial charge in [0.1, 0.15) is 11.5 Å². The predicted molar refractivity (Wildman–Crippen MR) is 109 cm³/mol. The number of aryl methyl sites for hydroxylation is 1. The number of hydrogen-bond donors (Lipinski definition) is 0. The van der Waals surface area contributed by atoms with Crippen molar-refractivity contribution in [3.63, 3.8) is 0 Å². The SMILES string of the molecule is CCCCCCCCc1cc(OC)ccc1OC(=O)CCCCCCC. The number of methoxy groups -OCH3 is 1. The average Bonchev–Trinajstić information content (AvgIpc) is 2.65. The van der Waals surface area contributed by atoms with Gasteiger partial charge in [-0.3, -0.25) is 4.79 Å². The maximum atomic E-state index is 12.1. The quantitative estimate of drug-likeness (QED) is 0.194. The van der Waals surface area contributed by atoms with E-state index in [0.717, 1.165) is 37.0 Å². The molecule has 0 atom stereocenters. The van der Waals surface area contributed by atoms with Gasteiger partial charge >= 0.3 is 5.97 Å². The molecule has 0 heterocycles. The standard InChI is InChI=1S/C23H38O3/c1-4-6-8-10-12-13-15-20-19-21(25-3)17-18-22(20)26-23(24)16-14-11-9-7-5-2/h17-19H,4-16H2,1-3H3. The lowest BCUT2D eigenvalue weighted by Gasteiger charge is -2.12. The van der Waals surface area contributed by atoms with Crippen LogP contribution in [0.2, 0.25) is 0 Å². The second-order valence-electron chi connectivity index (χ2n) is 7.13. The number of rotatable bonds is 15. The largest absolute Gasteiger partial charge is 0.497 e. The summed E-state index contributed by atoms with van der Waals surface area (Å²) in [5.41, 5.74) is 1.08. The number of unbranched alkanes of at least 4 members (excludes halogenated alkanes) is 9. The Morgan fingerprint density at radius 1 is 0.846 bits per heavy atom. The molecule has 0 aliphatic carbocycles. The van der Waals surface area contributed by atoms with Crippen LogP contribution in [0.1, 0.15) is 96.5 Å². The molecule has 0 radical (unpaired) electrons. The second kappa shape index (κ2) is 14.6. The average molecular weight is 363 g/mol. The van der Waals surface area contributed by atoms with E-state index >= 15 is 0 Å². The molecule has 148 valence electrons. The second-order valence-corrected chi connectivity index (χ2v) is 7.13. The lowest BCUT2D eigenvalue weighted by Crippen LogP contribution is -2.09. The van der Waals surface area contributed by atoms with Crippen LogP contribution in [0.3, 0.4) is 0 Å². The molecule has 0 spiro atoms. The normalized spacial score (nSPS) is 10.7. The molecule has 0 unspecified atom stereocenters. The van der Waals surface area contributed by atoms with Gasteiger partial charge in [0.05, 0.1) is 7.11 Å². The third kappa shape index (κ3) is 9.84. The molecule has 3 heteroatoms. The van der Waals surface area contributed by atoms with Crippen molar-refractivity contribution in [3.8, 4) is 11.5 Å². The van der Waals surface area contributed by atoms with Crippen LogP contribution in [0.15, 0.2) is 18.2 Å². The van der Waals surface area contributed by atoms with Crippen LogP contribution in [0.5, 0.6) is 11.5 Å². The van der Waals surface area contributed by atoms with Gasteiger partial charge in [-0.05, 0) is 43.0 Å². The number of ether oxygens (including phenoxy) is 2. The minimum Gasteiger partial charge on any atom is -0.497 e. The van der Waals surface area contributed by atoms with E-state index < -0.39 is 0 Å². The molecule has 0 bridgehead atoms. The number of esters is 1. The van der Waals surface area contributed by atoms with Gasteiger partial charge in [-0.2, -0.15) is 0 Å². The molecule has 0 saturated heterocycles. The summed E-state index contributed by atoms with van der Waals surface area (Å²) >= 11 is 0. The van der Waals surface area contributed by atoms with E-state index in [-0.39, 0.29) is 5.97 Å². The Labute approximate surface area is 160 Å². The van der Waals surface area contributed by atoms with Crippen LogP contribution < -0.4 is 9.47 Å². The highest BCUT2D eigenvalue weighted by Gasteiger charge is 2.11. The third-order valence-corrected chi connectivity index (χ3v) is 4.78. The summed E-state index contributed by atoms with van der Waals surface area (Å²) in [5.74, 6) is 1.42. The third-order valence-electron chi connectivity index (χ3n) is 4.78. The van der Waals surface area contributed by atoms with Gasteiger partial charge in [0, 0.05) is 6.42 Å². The van der Waals surface area contributed by atoms with E-state index in [1.807, 2.05) is 18.2 Å². The molecule has 0 amide bonds. The molecule has 0 aromatic heterocycles. The van der Waals surface area contributed by atoms with E-state index in [1.165, 1.54) is 51.4 Å². The highest BCUT2D eigenvalue weighted by Crippen LogP contribution is 2.27. The first kappa shape index (κ1) is 22.5. The Kier molecular flexibility index (Phi) is 12.7. The predicted octanol–water partition coefficient (Wildman–Crippen LogP) is 6.86. The number of benzene rings is 1. The van der Waals surface area contributed by atoms with E-state index in [9.17, 15) is 4.79 Å². The number of carbonyl (C=O) groups excluding carboxylic acids is 1. The molecule has 0 saturated carbocycles. The lowest BCUT2D eigenvalue weighted by atomic mass is 10.0. The molecule has 1 aromatic rings. The van der Waals surface area contributed by atoms with Crippen molar-refractivity contribution < 1.29 is 14.3 Å². The molecule has 0 N–H and O–H groups in total. The summed E-state index contributed by atoms with van der Waals surface area (Å²) < 4.78 is 11.0. The highest BCUT2D eigenvalue weighted by atomic mass is 16.5. The van der Waals surface area contributed by atoms with Crippen molar-refractivity contribution in [1.82, 2.24) is 0 Å². The summed E-state index contributed by atoms with van der Waals surface area (Å²) in [6, 6.07) is 5.75. The van der Waals surface area contributed by atoms with Crippen LogP contribution in [0.4, 0.5) is 0 Å². The van der Waals surface area contributed by atoms with Crippen molar-refractivity contribution in [2.24, 2.45) is 0 Å². The minimum absolute atomic E-state index is 0.115. The molecule has 26 heavy (non-hydrogen) atoms. The first-order chi connectivity index (χ1) is 12.7. The maximum absolute atomic E-state index is 12.1. The fourth-order valence-electron chi connectivity index (χ4n) is 3.12. The van der Waals surface area contributed by atoms with Crippen LogP contribution in [-0.4, -0.2) is 13.1 Å². The zero-order valence-corrected chi connectivity index (χ0v) is 17.1. The molecular formula is C23H38O3. The summed E-state index contributed by atoms with van der Waals surface area (Å²) in [7, 11) is 1.67. The topological polar surface area (TPSA) is 35.5 Å². The summed E-state index contributed by atoms with van der Waals surface area (Å²) in [6.45, 7) is 4.43. The zero-order valence-electron chi connectivity index (χ0n) is 17.1. The molecule has 0 aliphatic rings. The molecule has 3 nitrogen and oxygen atoms in total. The first-order valence-electron chi connectivity index (χ1n) is 10.6. The van der Waals surface area contributed by atoms with E-state index in [4.69, 9.17) is 9.47 Å². The van der Waals surface area contributed by atoms with Crippen molar-refractivity contribution in [3.05, 3.63) is 23.8 Å². The van der Waals surface area contributed by atoms with Crippen molar-refractivity contribution in [2.75, 3.05) is 7.11 Å². The zero-order chi connectivity index (χ0) is 19.0. The van der Waals surface area contributed by atoms with Gasteiger partial charge in [0.25, 0.3) is 0 Å². The summed E-state index contributed by atoms with van der Waals surface area (Å²) in [4.78, 5) is 12.1. The van der Waals surface area contributed by atoms with Crippen molar-refractivity contribution in [2.45, 2.75) is 97.3 Å². The highest BCUT2D eigenvalue weighted by molar-refractivity contribution is 5.72. The Hall–Kier alpha value is -1.51. The summed E-state index contributed by atoms with van der Waals surface area (Å²) in [6.07, 6.45) is 14.7. The van der Waals surface area contributed by atoms with Crippen molar-refractivity contribution in [1.29, 1.82) is 0 Å². The van der Waals surface area contributed by atoms with Gasteiger partial charge in [-0.25, -0.2) is 0 Å². The lowest BCUT2D eigenvalue weighted by molar-refractivity contribution is -0.134. The fraction of sp³-hybridized carbons (Fsp3) is 0.696. The minimum atomic E-state index is -0.115. The fourth-order valence-corrected chi connectivity index (χ4v) is 3.12. The van der Waals surface area contributed by atoms with Crippen LogP contribution in [-0.2, 0) is 11.2 Å². The van der Waals surface area contributed by atoms with Crippen LogP contribution >= 0.6 is 0 Å².